The molecular formula is C38H51N3O7. The van der Waals surface area contributed by atoms with Gasteiger partial charge in [0.1, 0.15) is 18.7 Å². The summed E-state index contributed by atoms with van der Waals surface area (Å²) in [5.74, 6) is -0.881. The minimum atomic E-state index is -1.12. The van der Waals surface area contributed by atoms with E-state index < -0.39 is 42.1 Å². The SMILES string of the molecule is CCCC[C@H](NC(=O)[C@H](C)N(C(=O)OCc1ccccc1)c1cccc2ccccc12)C(=O)N[C@@H](CC(C)C)[C@@H](O)C=C(CO)CCO. The van der Waals surface area contributed by atoms with Crippen molar-refractivity contribution in [3.05, 3.63) is 90.0 Å². The number of fused-ring (bicyclic) bond motifs is 1. The molecule has 0 aromatic heterocycles. The summed E-state index contributed by atoms with van der Waals surface area (Å²) < 4.78 is 5.72. The predicted molar refractivity (Wildman–Crippen MR) is 188 cm³/mol. The van der Waals surface area contributed by atoms with Crippen LogP contribution in [-0.4, -0.2) is 70.7 Å². The zero-order valence-electron chi connectivity index (χ0n) is 28.5. The molecule has 0 heterocycles. The Kier molecular flexibility index (Phi) is 15.6. The Morgan fingerprint density at radius 2 is 1.58 bits per heavy atom. The number of carbonyl (C=O) groups excluding carboxylic acids is 3. The van der Waals surface area contributed by atoms with Crippen LogP contribution >= 0.6 is 0 Å². The minimum Gasteiger partial charge on any atom is -0.444 e. The van der Waals surface area contributed by atoms with Crippen LogP contribution in [0.2, 0.25) is 0 Å². The second-order valence-corrected chi connectivity index (χ2v) is 12.5. The number of amides is 3. The summed E-state index contributed by atoms with van der Waals surface area (Å²) in [6.45, 7) is 7.02. The van der Waals surface area contributed by atoms with Crippen molar-refractivity contribution in [3.63, 3.8) is 0 Å². The van der Waals surface area contributed by atoms with E-state index >= 15 is 0 Å². The summed E-state index contributed by atoms with van der Waals surface area (Å²) in [5.41, 5.74) is 1.76. The molecule has 3 rings (SSSR count). The first-order chi connectivity index (χ1) is 23.1. The normalized spacial score (nSPS) is 14.2. The summed E-state index contributed by atoms with van der Waals surface area (Å²) in [6, 6.07) is 19.6. The highest BCUT2D eigenvalue weighted by Gasteiger charge is 2.33. The Balaban J connectivity index is 1.89. The van der Waals surface area contributed by atoms with Crippen LogP contribution in [0.25, 0.3) is 10.8 Å². The number of unbranched alkanes of at least 4 members (excludes halogenated alkanes) is 1. The van der Waals surface area contributed by atoms with Crippen molar-refractivity contribution in [1.29, 1.82) is 0 Å². The van der Waals surface area contributed by atoms with Gasteiger partial charge in [-0.25, -0.2) is 4.79 Å². The maximum absolute atomic E-state index is 14.0. The molecule has 0 aliphatic heterocycles. The van der Waals surface area contributed by atoms with Crippen LogP contribution in [0.4, 0.5) is 10.5 Å². The lowest BCUT2D eigenvalue weighted by Gasteiger charge is -2.31. The molecule has 4 atom stereocenters. The fourth-order valence-electron chi connectivity index (χ4n) is 5.55. The third-order valence-electron chi connectivity index (χ3n) is 8.18. The highest BCUT2D eigenvalue weighted by Crippen LogP contribution is 2.29. The molecule has 48 heavy (non-hydrogen) atoms. The third kappa shape index (κ3) is 11.2. The number of hydrogen-bond donors (Lipinski definition) is 5. The quantitative estimate of drug-likeness (QED) is 0.117. The van der Waals surface area contributed by atoms with Crippen molar-refractivity contribution < 1.29 is 34.4 Å². The predicted octanol–water partition coefficient (Wildman–Crippen LogP) is 5.24. The summed E-state index contributed by atoms with van der Waals surface area (Å²) >= 11 is 0. The number of carbonyl (C=O) groups is 3. The molecule has 3 amide bonds. The standard InChI is InChI=1S/C38H51N3O7/c1-5-6-18-32(37(46)40-33(22-26(2)3)35(44)23-29(24-43)20-21-42)39-36(45)27(4)41(38(47)48-25-28-13-8-7-9-14-28)34-19-12-16-30-15-10-11-17-31(30)34/h7-17,19,23,26-27,32-33,35,42-44H,5-6,18,20-22,24-25H2,1-4H3,(H,39,45)(H,40,46)/t27-,32-,33-,35-/m0/s1. The van der Waals surface area contributed by atoms with Gasteiger partial charge in [0.15, 0.2) is 0 Å². The van der Waals surface area contributed by atoms with E-state index in [0.29, 0.717) is 30.5 Å². The van der Waals surface area contributed by atoms with Gasteiger partial charge in [-0.1, -0.05) is 106 Å². The van der Waals surface area contributed by atoms with Crippen LogP contribution in [0, 0.1) is 5.92 Å². The third-order valence-corrected chi connectivity index (χ3v) is 8.18. The van der Waals surface area contributed by atoms with Crippen LogP contribution in [-0.2, 0) is 20.9 Å². The van der Waals surface area contributed by atoms with Gasteiger partial charge in [0.25, 0.3) is 0 Å². The largest absolute Gasteiger partial charge is 0.444 e. The minimum absolute atomic E-state index is 0.0150. The van der Waals surface area contributed by atoms with Crippen LogP contribution in [0.5, 0.6) is 0 Å². The Hall–Kier alpha value is -4.25. The fraction of sp³-hybridized carbons (Fsp3) is 0.447. The highest BCUT2D eigenvalue weighted by molar-refractivity contribution is 6.05. The monoisotopic (exact) mass is 661 g/mol. The molecule has 0 radical (unpaired) electrons. The van der Waals surface area contributed by atoms with Crippen molar-refractivity contribution in [2.75, 3.05) is 18.1 Å². The number of aliphatic hydroxyl groups is 3. The number of nitrogens with zero attached hydrogens (tertiary/aromatic N) is 1. The van der Waals surface area contributed by atoms with Gasteiger partial charge in [-0.3, -0.25) is 14.5 Å². The first-order valence-electron chi connectivity index (χ1n) is 16.8. The second kappa shape index (κ2) is 19.5. The van der Waals surface area contributed by atoms with Crippen LogP contribution in [0.1, 0.15) is 65.4 Å². The maximum atomic E-state index is 14.0. The molecule has 10 heteroatoms. The van der Waals surface area contributed by atoms with Gasteiger partial charge in [0.05, 0.1) is 24.4 Å². The maximum Gasteiger partial charge on any atom is 0.415 e. The molecule has 0 bridgehead atoms. The Morgan fingerprint density at radius 1 is 0.896 bits per heavy atom. The second-order valence-electron chi connectivity index (χ2n) is 12.5. The lowest BCUT2D eigenvalue weighted by atomic mass is 9.96. The molecule has 3 aromatic carbocycles. The average molecular weight is 662 g/mol. The fourth-order valence-corrected chi connectivity index (χ4v) is 5.55. The number of aliphatic hydroxyl groups excluding tert-OH is 3. The van der Waals surface area contributed by atoms with Crippen LogP contribution < -0.4 is 15.5 Å². The van der Waals surface area contributed by atoms with Gasteiger partial charge >= 0.3 is 6.09 Å². The molecule has 0 unspecified atom stereocenters. The summed E-state index contributed by atoms with van der Waals surface area (Å²) in [6.07, 6.45) is 2.06. The molecule has 260 valence electrons. The highest BCUT2D eigenvalue weighted by atomic mass is 16.6. The van der Waals surface area contributed by atoms with E-state index in [1.54, 1.807) is 13.0 Å². The van der Waals surface area contributed by atoms with Gasteiger partial charge in [0, 0.05) is 12.0 Å². The average Bonchev–Trinajstić information content (AvgIpc) is 3.08. The van der Waals surface area contributed by atoms with E-state index in [-0.39, 0.29) is 32.2 Å². The summed E-state index contributed by atoms with van der Waals surface area (Å²) in [5, 5.41) is 37.4. The zero-order chi connectivity index (χ0) is 35.1. The first-order valence-corrected chi connectivity index (χ1v) is 16.8. The smallest absolute Gasteiger partial charge is 0.415 e. The van der Waals surface area contributed by atoms with E-state index in [9.17, 15) is 29.7 Å². The number of ether oxygens (including phenoxy) is 1. The molecule has 0 spiro atoms. The van der Waals surface area contributed by atoms with Crippen molar-refractivity contribution in [1.82, 2.24) is 10.6 Å². The molecule has 10 nitrogen and oxygen atoms in total. The van der Waals surface area contributed by atoms with Crippen molar-refractivity contribution >= 4 is 34.4 Å². The number of benzene rings is 3. The summed E-state index contributed by atoms with van der Waals surface area (Å²) in [4.78, 5) is 42.8. The van der Waals surface area contributed by atoms with E-state index in [2.05, 4.69) is 10.6 Å². The van der Waals surface area contributed by atoms with E-state index in [0.717, 1.165) is 22.8 Å². The Morgan fingerprint density at radius 3 is 2.25 bits per heavy atom. The topological polar surface area (TPSA) is 148 Å². The number of hydrogen-bond acceptors (Lipinski definition) is 7. The van der Waals surface area contributed by atoms with Gasteiger partial charge in [-0.15, -0.1) is 0 Å². The molecule has 5 N–H and O–H groups in total. The Labute approximate surface area is 283 Å². The molecule has 0 fully saturated rings. The number of nitrogens with one attached hydrogen (secondary N) is 2. The molecule has 0 aliphatic rings. The van der Waals surface area contributed by atoms with Gasteiger partial charge in [-0.05, 0) is 54.7 Å². The van der Waals surface area contributed by atoms with Crippen molar-refractivity contribution in [2.45, 2.75) is 90.6 Å². The van der Waals surface area contributed by atoms with Crippen molar-refractivity contribution in [3.8, 4) is 0 Å². The van der Waals surface area contributed by atoms with Crippen LogP contribution in [0.15, 0.2) is 84.4 Å². The molecule has 3 aromatic rings. The van der Waals surface area contributed by atoms with Crippen molar-refractivity contribution in [2.24, 2.45) is 5.92 Å². The number of anilines is 1. The van der Waals surface area contributed by atoms with Gasteiger partial charge < -0.3 is 30.7 Å². The lowest BCUT2D eigenvalue weighted by molar-refractivity contribution is -0.130. The van der Waals surface area contributed by atoms with Crippen LogP contribution in [0.3, 0.4) is 0 Å². The molecule has 0 saturated heterocycles. The van der Waals surface area contributed by atoms with Gasteiger partial charge in [0.2, 0.25) is 11.8 Å². The zero-order valence-corrected chi connectivity index (χ0v) is 28.5. The van der Waals surface area contributed by atoms with Gasteiger partial charge in [-0.2, -0.15) is 0 Å². The number of rotatable bonds is 18. The Bertz CT molecular complexity index is 1490. The molecule has 0 aliphatic carbocycles. The van der Waals surface area contributed by atoms with E-state index in [1.807, 2.05) is 87.5 Å². The summed E-state index contributed by atoms with van der Waals surface area (Å²) in [7, 11) is 0. The molecule has 0 saturated carbocycles. The molecular weight excluding hydrogens is 610 g/mol. The first kappa shape index (κ1) is 38.2. The van der Waals surface area contributed by atoms with E-state index in [4.69, 9.17) is 4.74 Å². The lowest BCUT2D eigenvalue weighted by Crippen LogP contribution is -2.56. The van der Waals surface area contributed by atoms with E-state index in [1.165, 1.54) is 11.0 Å².